The fraction of sp³-hybridized carbons (Fsp3) is 0.552. The quantitative estimate of drug-likeness (QED) is 0.281. The van der Waals surface area contributed by atoms with E-state index >= 15 is 0 Å². The van der Waals surface area contributed by atoms with E-state index in [1.165, 1.54) is 10.4 Å². The van der Waals surface area contributed by atoms with Crippen LogP contribution in [0.15, 0.2) is 60.7 Å². The predicted molar refractivity (Wildman–Crippen MR) is 152 cm³/mol. The number of carbonyl (C=O) groups is 1. The minimum atomic E-state index is -2.73. The Morgan fingerprint density at radius 1 is 0.829 bits per heavy atom. The standard InChI is InChI=1S/C29H46O4Si2/c1-23(21-30)27(33-34(9,10)28(2,3)4)26(31-8)22-32-35(29(5,6)7,24-17-13-11-14-18-24)25-19-15-12-16-20-25/h11-21,23,26-27H,22H2,1-10H3/t23-,26+,27+/m1/s1. The van der Waals surface area contributed by atoms with Gasteiger partial charge in [0.15, 0.2) is 8.32 Å². The Labute approximate surface area is 215 Å². The van der Waals surface area contributed by atoms with Crippen molar-refractivity contribution < 1.29 is 18.4 Å². The highest BCUT2D eigenvalue weighted by Crippen LogP contribution is 2.40. The van der Waals surface area contributed by atoms with Crippen LogP contribution in [0.5, 0.6) is 0 Å². The van der Waals surface area contributed by atoms with Crippen LogP contribution in [0.4, 0.5) is 0 Å². The van der Waals surface area contributed by atoms with Crippen molar-refractivity contribution in [3.05, 3.63) is 60.7 Å². The maximum Gasteiger partial charge on any atom is 0.261 e. The molecule has 0 N–H and O–H groups in total. The second kappa shape index (κ2) is 11.6. The molecule has 0 saturated heterocycles. The molecule has 0 radical (unpaired) electrons. The highest BCUT2D eigenvalue weighted by atomic mass is 28.4. The molecule has 0 bridgehead atoms. The summed E-state index contributed by atoms with van der Waals surface area (Å²) in [5.41, 5.74) is 0. The monoisotopic (exact) mass is 514 g/mol. The first kappa shape index (κ1) is 29.7. The van der Waals surface area contributed by atoms with E-state index in [0.717, 1.165) is 6.29 Å². The molecule has 2 aromatic rings. The molecule has 0 heterocycles. The molecular weight excluding hydrogens is 468 g/mol. The molecule has 194 valence electrons. The van der Waals surface area contributed by atoms with Crippen LogP contribution in [-0.2, 0) is 18.4 Å². The van der Waals surface area contributed by atoms with Crippen molar-refractivity contribution in [3.63, 3.8) is 0 Å². The lowest BCUT2D eigenvalue weighted by atomic mass is 10.0. The smallest absolute Gasteiger partial charge is 0.261 e. The summed E-state index contributed by atoms with van der Waals surface area (Å²) in [6.45, 7) is 20.1. The van der Waals surface area contributed by atoms with Gasteiger partial charge in [-0.25, -0.2) is 0 Å². The molecule has 0 aliphatic heterocycles. The third-order valence-corrected chi connectivity index (χ3v) is 17.0. The van der Waals surface area contributed by atoms with Gasteiger partial charge in [0.05, 0.1) is 12.7 Å². The molecule has 3 atom stereocenters. The summed E-state index contributed by atoms with van der Waals surface area (Å²) in [6.07, 6.45) is 0.231. The number of benzene rings is 2. The lowest BCUT2D eigenvalue weighted by Gasteiger charge is -2.45. The Hall–Kier alpha value is -1.58. The number of aldehydes is 1. The fourth-order valence-electron chi connectivity index (χ4n) is 4.38. The SMILES string of the molecule is CO[C@@H](CO[Si](c1ccccc1)(c1ccccc1)C(C)(C)C)[C@@H](O[Si](C)(C)C(C)(C)C)[C@H](C)C=O. The van der Waals surface area contributed by atoms with Crippen LogP contribution in [0, 0.1) is 5.92 Å². The molecule has 0 fully saturated rings. The molecule has 0 aromatic heterocycles. The van der Waals surface area contributed by atoms with Gasteiger partial charge in [-0.05, 0) is 33.5 Å². The van der Waals surface area contributed by atoms with Gasteiger partial charge in [-0.15, -0.1) is 0 Å². The number of carbonyl (C=O) groups excluding carboxylic acids is 1. The van der Waals surface area contributed by atoms with Gasteiger partial charge >= 0.3 is 0 Å². The molecule has 35 heavy (non-hydrogen) atoms. The van der Waals surface area contributed by atoms with Gasteiger partial charge < -0.3 is 18.4 Å². The first-order chi connectivity index (χ1) is 16.2. The molecule has 0 spiro atoms. The minimum Gasteiger partial charge on any atom is -0.410 e. The fourth-order valence-corrected chi connectivity index (χ4v) is 10.4. The van der Waals surface area contributed by atoms with E-state index in [9.17, 15) is 4.79 Å². The second-order valence-electron chi connectivity index (χ2n) is 12.1. The normalized spacial score (nSPS) is 15.9. The van der Waals surface area contributed by atoms with Gasteiger partial charge in [0.2, 0.25) is 0 Å². The topological polar surface area (TPSA) is 44.8 Å². The molecule has 0 aliphatic carbocycles. The summed E-state index contributed by atoms with van der Waals surface area (Å²) in [7, 11) is -3.18. The lowest BCUT2D eigenvalue weighted by molar-refractivity contribution is -0.118. The van der Waals surface area contributed by atoms with Crippen molar-refractivity contribution in [1.82, 2.24) is 0 Å². The van der Waals surface area contributed by atoms with E-state index in [2.05, 4.69) is 103 Å². The maximum atomic E-state index is 12.0. The highest BCUT2D eigenvalue weighted by molar-refractivity contribution is 6.99. The molecule has 0 amide bonds. The van der Waals surface area contributed by atoms with Gasteiger partial charge in [-0.1, -0.05) is 109 Å². The third kappa shape index (κ3) is 6.60. The molecule has 2 rings (SSSR count). The average Bonchev–Trinajstić information content (AvgIpc) is 2.80. The summed E-state index contributed by atoms with van der Waals surface area (Å²) < 4.78 is 19.9. The minimum absolute atomic E-state index is 0.0188. The van der Waals surface area contributed by atoms with Crippen LogP contribution in [-0.4, -0.2) is 48.8 Å². The van der Waals surface area contributed by atoms with Crippen molar-refractivity contribution in [1.29, 1.82) is 0 Å². The Morgan fingerprint density at radius 3 is 1.63 bits per heavy atom. The van der Waals surface area contributed by atoms with Crippen LogP contribution in [0.1, 0.15) is 48.5 Å². The largest absolute Gasteiger partial charge is 0.410 e. The van der Waals surface area contributed by atoms with Gasteiger partial charge in [0, 0.05) is 13.0 Å². The van der Waals surface area contributed by atoms with Crippen LogP contribution < -0.4 is 10.4 Å². The summed E-state index contributed by atoms with van der Waals surface area (Å²) >= 11 is 0. The van der Waals surface area contributed by atoms with Crippen molar-refractivity contribution in [2.24, 2.45) is 5.92 Å². The average molecular weight is 515 g/mol. The Bertz CT molecular complexity index is 878. The molecular formula is C29H46O4Si2. The molecule has 4 nitrogen and oxygen atoms in total. The lowest BCUT2D eigenvalue weighted by Crippen LogP contribution is -2.67. The first-order valence-electron chi connectivity index (χ1n) is 12.6. The number of ether oxygens (including phenoxy) is 1. The zero-order valence-electron chi connectivity index (χ0n) is 23.4. The van der Waals surface area contributed by atoms with E-state index in [1.807, 2.05) is 19.1 Å². The number of hydrogen-bond donors (Lipinski definition) is 0. The van der Waals surface area contributed by atoms with Gasteiger partial charge in [-0.2, -0.15) is 0 Å². The zero-order valence-corrected chi connectivity index (χ0v) is 25.4. The highest BCUT2D eigenvalue weighted by Gasteiger charge is 2.51. The summed E-state index contributed by atoms with van der Waals surface area (Å²) in [6, 6.07) is 21.2. The summed E-state index contributed by atoms with van der Waals surface area (Å²) in [4.78, 5) is 12.0. The zero-order chi connectivity index (χ0) is 26.5. The number of hydrogen-bond acceptors (Lipinski definition) is 4. The van der Waals surface area contributed by atoms with Crippen LogP contribution in [0.2, 0.25) is 23.2 Å². The second-order valence-corrected chi connectivity index (χ2v) is 21.1. The Morgan fingerprint density at radius 2 is 1.29 bits per heavy atom. The first-order valence-corrected chi connectivity index (χ1v) is 17.4. The Balaban J connectivity index is 2.54. The summed E-state index contributed by atoms with van der Waals surface area (Å²) in [5, 5.41) is 2.32. The maximum absolute atomic E-state index is 12.0. The van der Waals surface area contributed by atoms with Crippen LogP contribution in [0.3, 0.4) is 0 Å². The van der Waals surface area contributed by atoms with E-state index in [0.29, 0.717) is 6.61 Å². The van der Waals surface area contributed by atoms with E-state index in [4.69, 9.17) is 13.6 Å². The number of methoxy groups -OCH3 is 1. The Kier molecular flexibility index (Phi) is 9.87. The predicted octanol–water partition coefficient (Wildman–Crippen LogP) is 5.80. The van der Waals surface area contributed by atoms with E-state index in [-0.39, 0.29) is 28.2 Å². The third-order valence-electron chi connectivity index (χ3n) is 7.52. The number of rotatable bonds is 11. The van der Waals surface area contributed by atoms with Crippen LogP contribution in [0.25, 0.3) is 0 Å². The van der Waals surface area contributed by atoms with Crippen molar-refractivity contribution in [2.45, 2.75) is 83.8 Å². The van der Waals surface area contributed by atoms with Crippen LogP contribution >= 0.6 is 0 Å². The van der Waals surface area contributed by atoms with Gasteiger partial charge in [-0.3, -0.25) is 0 Å². The summed E-state index contributed by atoms with van der Waals surface area (Å²) in [5.74, 6) is -0.308. The van der Waals surface area contributed by atoms with Crippen molar-refractivity contribution in [2.75, 3.05) is 13.7 Å². The van der Waals surface area contributed by atoms with E-state index in [1.54, 1.807) is 7.11 Å². The van der Waals surface area contributed by atoms with Crippen molar-refractivity contribution in [3.8, 4) is 0 Å². The molecule has 0 unspecified atom stereocenters. The van der Waals surface area contributed by atoms with Gasteiger partial charge in [0.25, 0.3) is 8.32 Å². The van der Waals surface area contributed by atoms with E-state index < -0.39 is 16.6 Å². The van der Waals surface area contributed by atoms with Crippen molar-refractivity contribution >= 4 is 33.3 Å². The molecule has 2 aromatic carbocycles. The molecule has 0 saturated carbocycles. The van der Waals surface area contributed by atoms with Gasteiger partial charge in [0.1, 0.15) is 12.4 Å². The molecule has 6 heteroatoms. The molecule has 0 aliphatic rings.